The zero-order valence-corrected chi connectivity index (χ0v) is 19.0. The van der Waals surface area contributed by atoms with E-state index in [0.29, 0.717) is 17.4 Å². The van der Waals surface area contributed by atoms with Gasteiger partial charge >= 0.3 is 18.3 Å². The maximum Gasteiger partial charge on any atom is 0.419 e. The standard InChI is InChI=1S/C23H21F6N5O3/c24-22(25,26)9-7-18(14-1-3-15(4-2-14)21(37)30-10-8-20(35)36)33-17-5-6-19(31-12-17)34-13-16(11-32-34)23(27,28)29/h1-6,11-13,18,33H,7-10H2,(H,30,37)(H,35,36)/t18-/m0/s1. The number of anilines is 1. The number of benzene rings is 1. The number of carbonyl (C=O) groups is 2. The van der Waals surface area contributed by atoms with Gasteiger partial charge in [-0.1, -0.05) is 12.1 Å². The number of carboxylic acids is 1. The number of halogens is 6. The number of hydrogen-bond donors (Lipinski definition) is 3. The fraction of sp³-hybridized carbons (Fsp3) is 0.304. The summed E-state index contributed by atoms with van der Waals surface area (Å²) >= 11 is 0. The highest BCUT2D eigenvalue weighted by atomic mass is 19.4. The zero-order chi connectivity index (χ0) is 27.2. The minimum absolute atomic E-state index is 0.0751. The van der Waals surface area contributed by atoms with Crippen LogP contribution in [-0.4, -0.2) is 44.5 Å². The summed E-state index contributed by atoms with van der Waals surface area (Å²) in [5.74, 6) is -1.53. The highest BCUT2D eigenvalue weighted by molar-refractivity contribution is 5.94. The first kappa shape index (κ1) is 27.5. The van der Waals surface area contributed by atoms with Crippen molar-refractivity contribution in [2.24, 2.45) is 0 Å². The average Bonchev–Trinajstić information content (AvgIpc) is 3.32. The first-order valence-corrected chi connectivity index (χ1v) is 10.8. The second-order valence-corrected chi connectivity index (χ2v) is 7.95. The third-order valence-electron chi connectivity index (χ3n) is 5.15. The number of aromatic nitrogens is 3. The summed E-state index contributed by atoms with van der Waals surface area (Å²) in [5, 5.41) is 17.6. The van der Waals surface area contributed by atoms with Gasteiger partial charge < -0.3 is 15.7 Å². The molecule has 0 saturated heterocycles. The van der Waals surface area contributed by atoms with Crippen LogP contribution in [0.2, 0.25) is 0 Å². The van der Waals surface area contributed by atoms with E-state index in [9.17, 15) is 35.9 Å². The molecule has 3 aromatic rings. The van der Waals surface area contributed by atoms with Gasteiger partial charge in [0.2, 0.25) is 0 Å². The molecule has 0 fully saturated rings. The van der Waals surface area contributed by atoms with Crippen LogP contribution < -0.4 is 10.6 Å². The molecule has 3 N–H and O–H groups in total. The van der Waals surface area contributed by atoms with E-state index in [0.717, 1.165) is 10.9 Å². The fourth-order valence-corrected chi connectivity index (χ4v) is 3.28. The minimum Gasteiger partial charge on any atom is -0.481 e. The largest absolute Gasteiger partial charge is 0.481 e. The molecule has 0 radical (unpaired) electrons. The Hall–Kier alpha value is -4.10. The molecule has 1 atom stereocenters. The molecule has 0 spiro atoms. The molecular weight excluding hydrogens is 508 g/mol. The predicted molar refractivity (Wildman–Crippen MR) is 119 cm³/mol. The molecule has 0 aliphatic rings. The Morgan fingerprint density at radius 1 is 1.00 bits per heavy atom. The number of amides is 1. The fourth-order valence-electron chi connectivity index (χ4n) is 3.28. The molecule has 198 valence electrons. The van der Waals surface area contributed by atoms with Gasteiger partial charge in [-0.25, -0.2) is 9.67 Å². The molecule has 0 bridgehead atoms. The second-order valence-electron chi connectivity index (χ2n) is 7.95. The van der Waals surface area contributed by atoms with Crippen molar-refractivity contribution in [1.29, 1.82) is 0 Å². The SMILES string of the molecule is O=C(O)CCNC(=O)c1ccc([C@H](CCC(F)(F)F)Nc2ccc(-n3cc(C(F)(F)F)cn3)nc2)cc1. The monoisotopic (exact) mass is 529 g/mol. The van der Waals surface area contributed by atoms with Crippen LogP contribution in [0.1, 0.15) is 46.8 Å². The molecule has 3 rings (SSSR count). The highest BCUT2D eigenvalue weighted by Crippen LogP contribution is 2.31. The van der Waals surface area contributed by atoms with Gasteiger partial charge in [0.25, 0.3) is 5.91 Å². The molecule has 0 saturated carbocycles. The van der Waals surface area contributed by atoms with Crippen molar-refractivity contribution in [2.75, 3.05) is 11.9 Å². The molecule has 37 heavy (non-hydrogen) atoms. The molecule has 2 aromatic heterocycles. The molecule has 0 unspecified atom stereocenters. The quantitative estimate of drug-likeness (QED) is 0.320. The Morgan fingerprint density at radius 2 is 1.70 bits per heavy atom. The van der Waals surface area contributed by atoms with E-state index in [4.69, 9.17) is 5.11 Å². The lowest BCUT2D eigenvalue weighted by molar-refractivity contribution is -0.138. The number of alkyl halides is 6. The number of pyridine rings is 1. The smallest absolute Gasteiger partial charge is 0.419 e. The van der Waals surface area contributed by atoms with Gasteiger partial charge in [0, 0.05) is 24.7 Å². The van der Waals surface area contributed by atoms with E-state index in [-0.39, 0.29) is 30.8 Å². The van der Waals surface area contributed by atoms with E-state index in [1.54, 1.807) is 0 Å². The lowest BCUT2D eigenvalue weighted by Crippen LogP contribution is -2.26. The second kappa shape index (κ2) is 11.3. The first-order valence-electron chi connectivity index (χ1n) is 10.8. The van der Waals surface area contributed by atoms with Gasteiger partial charge in [-0.3, -0.25) is 9.59 Å². The van der Waals surface area contributed by atoms with Crippen molar-refractivity contribution in [3.63, 3.8) is 0 Å². The van der Waals surface area contributed by atoms with Crippen LogP contribution in [0, 0.1) is 0 Å². The topological polar surface area (TPSA) is 109 Å². The van der Waals surface area contributed by atoms with Gasteiger partial charge in [0.15, 0.2) is 5.82 Å². The van der Waals surface area contributed by atoms with Crippen molar-refractivity contribution < 1.29 is 41.0 Å². The molecule has 14 heteroatoms. The normalized spacial score (nSPS) is 12.7. The number of hydrogen-bond acceptors (Lipinski definition) is 5. The zero-order valence-electron chi connectivity index (χ0n) is 19.0. The summed E-state index contributed by atoms with van der Waals surface area (Å²) in [4.78, 5) is 26.7. The third kappa shape index (κ3) is 8.22. The Balaban J connectivity index is 1.74. The van der Waals surface area contributed by atoms with Gasteiger partial charge in [-0.05, 0) is 36.2 Å². The Bertz CT molecular complexity index is 1210. The van der Waals surface area contributed by atoms with Crippen molar-refractivity contribution in [3.05, 3.63) is 71.7 Å². The summed E-state index contributed by atoms with van der Waals surface area (Å²) < 4.78 is 78.0. The molecule has 1 amide bonds. The van der Waals surface area contributed by atoms with Gasteiger partial charge in [-0.2, -0.15) is 31.4 Å². The van der Waals surface area contributed by atoms with Gasteiger partial charge in [0.05, 0.1) is 36.1 Å². The number of aliphatic carboxylic acids is 1. The average molecular weight is 529 g/mol. The molecular formula is C23H21F6N5O3. The van der Waals surface area contributed by atoms with Crippen molar-refractivity contribution >= 4 is 17.6 Å². The van der Waals surface area contributed by atoms with Crippen LogP contribution in [0.5, 0.6) is 0 Å². The minimum atomic E-state index is -4.57. The van der Waals surface area contributed by atoms with Crippen molar-refractivity contribution in [2.45, 2.75) is 37.7 Å². The summed E-state index contributed by atoms with van der Waals surface area (Å²) in [6.07, 6.45) is -8.01. The molecule has 1 aromatic carbocycles. The number of rotatable bonds is 10. The summed E-state index contributed by atoms with van der Waals surface area (Å²) in [6.45, 7) is -0.0786. The van der Waals surface area contributed by atoms with E-state index in [2.05, 4.69) is 20.7 Å². The van der Waals surface area contributed by atoms with Crippen LogP contribution in [0.4, 0.5) is 32.0 Å². The van der Waals surface area contributed by atoms with E-state index < -0.39 is 42.3 Å². The lowest BCUT2D eigenvalue weighted by atomic mass is 9.99. The number of carboxylic acid groups (broad SMARTS) is 1. The maximum absolute atomic E-state index is 12.9. The molecule has 0 aliphatic carbocycles. The summed E-state index contributed by atoms with van der Waals surface area (Å²) in [7, 11) is 0. The molecule has 2 heterocycles. The predicted octanol–water partition coefficient (Wildman–Crippen LogP) is 4.99. The Morgan fingerprint density at radius 3 is 2.24 bits per heavy atom. The maximum atomic E-state index is 12.9. The van der Waals surface area contributed by atoms with E-state index >= 15 is 0 Å². The van der Waals surface area contributed by atoms with E-state index in [1.165, 1.54) is 42.6 Å². The number of nitrogens with zero attached hydrogens (tertiary/aromatic N) is 3. The van der Waals surface area contributed by atoms with Crippen LogP contribution in [0.3, 0.4) is 0 Å². The number of nitrogens with one attached hydrogen (secondary N) is 2. The Kier molecular flexibility index (Phi) is 8.40. The van der Waals surface area contributed by atoms with Crippen LogP contribution >= 0.6 is 0 Å². The van der Waals surface area contributed by atoms with E-state index in [1.807, 2.05) is 0 Å². The van der Waals surface area contributed by atoms with Crippen molar-refractivity contribution in [3.8, 4) is 5.82 Å². The third-order valence-corrected chi connectivity index (χ3v) is 5.15. The van der Waals surface area contributed by atoms with Crippen molar-refractivity contribution in [1.82, 2.24) is 20.1 Å². The van der Waals surface area contributed by atoms with Gasteiger partial charge in [0.1, 0.15) is 0 Å². The highest BCUT2D eigenvalue weighted by Gasteiger charge is 2.32. The number of carbonyl (C=O) groups excluding carboxylic acids is 1. The van der Waals surface area contributed by atoms with Crippen LogP contribution in [0.25, 0.3) is 5.82 Å². The summed E-state index contributed by atoms with van der Waals surface area (Å²) in [5.41, 5.74) is 0.00170. The van der Waals surface area contributed by atoms with Crippen LogP contribution in [-0.2, 0) is 11.0 Å². The summed E-state index contributed by atoms with van der Waals surface area (Å²) in [6, 6.07) is 7.74. The lowest BCUT2D eigenvalue weighted by Gasteiger charge is -2.21. The van der Waals surface area contributed by atoms with Gasteiger partial charge in [-0.15, -0.1) is 0 Å². The Labute approximate surface area is 206 Å². The molecule has 0 aliphatic heterocycles. The van der Waals surface area contributed by atoms with Crippen LogP contribution in [0.15, 0.2) is 55.0 Å². The first-order chi connectivity index (χ1) is 17.3. The molecule has 8 nitrogen and oxygen atoms in total.